The van der Waals surface area contributed by atoms with Crippen LogP contribution in [0.25, 0.3) is 0 Å². The molecule has 0 aromatic carbocycles. The molecule has 4 N–H and O–H groups in total. The molecule has 0 saturated heterocycles. The molecule has 1 amide bonds. The maximum atomic E-state index is 11.6. The van der Waals surface area contributed by atoms with Crippen molar-refractivity contribution in [2.75, 3.05) is 0 Å². The number of rotatable bonds is 5. The van der Waals surface area contributed by atoms with Crippen molar-refractivity contribution in [1.82, 2.24) is 5.32 Å². The number of allylic oxidation sites excluding steroid dienone is 1. The van der Waals surface area contributed by atoms with E-state index in [1.165, 1.54) is 13.0 Å². The first-order valence-electron chi connectivity index (χ1n) is 6.25. The van der Waals surface area contributed by atoms with Gasteiger partial charge in [-0.3, -0.25) is 0 Å². The lowest BCUT2D eigenvalue weighted by molar-refractivity contribution is -0.0208. The van der Waals surface area contributed by atoms with E-state index in [0.29, 0.717) is 0 Å². The molecular weight excluding hydrogens is 250 g/mol. The van der Waals surface area contributed by atoms with Gasteiger partial charge < -0.3 is 25.4 Å². The minimum absolute atomic E-state index is 0.680. The van der Waals surface area contributed by atoms with Gasteiger partial charge in [-0.25, -0.2) is 4.79 Å². The van der Waals surface area contributed by atoms with Crippen LogP contribution in [-0.4, -0.2) is 51.4 Å². The molecule has 0 radical (unpaired) electrons. The largest absolute Gasteiger partial charge is 0.444 e. The summed E-state index contributed by atoms with van der Waals surface area (Å²) in [5, 5.41) is 31.5. The minimum atomic E-state index is -1.33. The summed E-state index contributed by atoms with van der Waals surface area (Å²) in [7, 11) is 0. The molecule has 0 unspecified atom stereocenters. The first kappa shape index (κ1) is 17.9. The summed E-state index contributed by atoms with van der Waals surface area (Å²) in [6, 6.07) is -1.03. The molecule has 0 aliphatic rings. The van der Waals surface area contributed by atoms with Gasteiger partial charge in [0.15, 0.2) is 0 Å². The fraction of sp³-hybridized carbons (Fsp3) is 0.769. The van der Waals surface area contributed by atoms with E-state index in [0.717, 1.165) is 0 Å². The highest BCUT2D eigenvalue weighted by Crippen LogP contribution is 2.10. The van der Waals surface area contributed by atoms with Gasteiger partial charge >= 0.3 is 6.09 Å². The van der Waals surface area contributed by atoms with Crippen molar-refractivity contribution in [2.45, 2.75) is 64.6 Å². The number of carbonyl (C=O) groups excluding carboxylic acids is 1. The van der Waals surface area contributed by atoms with Gasteiger partial charge in [0.25, 0.3) is 0 Å². The fourth-order valence-electron chi connectivity index (χ4n) is 1.46. The third-order valence-corrected chi connectivity index (χ3v) is 2.31. The summed E-state index contributed by atoms with van der Waals surface area (Å²) < 4.78 is 5.04. The predicted octanol–water partition coefficient (Wildman–Crippen LogP) is 0.558. The van der Waals surface area contributed by atoms with Gasteiger partial charge in [0.1, 0.15) is 17.8 Å². The van der Waals surface area contributed by atoms with Gasteiger partial charge in [-0.15, -0.1) is 0 Å². The highest BCUT2D eigenvalue weighted by Gasteiger charge is 2.31. The number of aliphatic hydroxyl groups excluding tert-OH is 3. The first-order valence-corrected chi connectivity index (χ1v) is 6.25. The van der Waals surface area contributed by atoms with E-state index >= 15 is 0 Å². The number of aliphatic hydroxyl groups is 3. The molecule has 0 aromatic heterocycles. The van der Waals surface area contributed by atoms with E-state index in [4.69, 9.17) is 4.74 Å². The lowest BCUT2D eigenvalue weighted by atomic mass is 10.0. The average Bonchev–Trinajstić information content (AvgIpc) is 2.22. The first-order chi connectivity index (χ1) is 8.58. The number of hydrogen-bond acceptors (Lipinski definition) is 5. The Morgan fingerprint density at radius 1 is 1.26 bits per heavy atom. The lowest BCUT2D eigenvalue weighted by Crippen LogP contribution is -2.54. The molecule has 6 nitrogen and oxygen atoms in total. The Morgan fingerprint density at radius 2 is 1.79 bits per heavy atom. The Morgan fingerprint density at radius 3 is 2.16 bits per heavy atom. The maximum Gasteiger partial charge on any atom is 0.408 e. The highest BCUT2D eigenvalue weighted by molar-refractivity contribution is 5.68. The molecule has 112 valence electrons. The van der Waals surface area contributed by atoms with Crippen molar-refractivity contribution in [3.63, 3.8) is 0 Å². The van der Waals surface area contributed by atoms with Crippen LogP contribution >= 0.6 is 0 Å². The van der Waals surface area contributed by atoms with E-state index in [2.05, 4.69) is 5.32 Å². The molecule has 0 heterocycles. The number of nitrogens with one attached hydrogen (secondary N) is 1. The van der Waals surface area contributed by atoms with E-state index < -0.39 is 36.0 Å². The molecular formula is C13H25NO5. The standard InChI is InChI=1S/C13H25NO5/c1-6-7-9(16)11(17)10(8(2)15)14-12(18)19-13(3,4)5/h6-11,15-17H,1-5H3,(H,14,18)/b7-6+/t8-,9-,10+,11+/m0/s1. The zero-order valence-electron chi connectivity index (χ0n) is 12.1. The second kappa shape index (κ2) is 7.47. The molecule has 0 saturated carbocycles. The number of ether oxygens (including phenoxy) is 1. The monoisotopic (exact) mass is 275 g/mol. The van der Waals surface area contributed by atoms with E-state index in [1.54, 1.807) is 33.8 Å². The second-order valence-corrected chi connectivity index (χ2v) is 5.42. The molecule has 0 aliphatic heterocycles. The molecule has 0 bridgehead atoms. The Bertz CT molecular complexity index is 309. The van der Waals surface area contributed by atoms with Gasteiger partial charge in [-0.05, 0) is 34.6 Å². The van der Waals surface area contributed by atoms with Crippen LogP contribution in [0, 0.1) is 0 Å². The van der Waals surface area contributed by atoms with Crippen molar-refractivity contribution < 1.29 is 24.9 Å². The third-order valence-electron chi connectivity index (χ3n) is 2.31. The second-order valence-electron chi connectivity index (χ2n) is 5.42. The van der Waals surface area contributed by atoms with Crippen LogP contribution in [0.1, 0.15) is 34.6 Å². The molecule has 0 aliphatic carbocycles. The van der Waals surface area contributed by atoms with Crippen LogP contribution in [0.2, 0.25) is 0 Å². The molecule has 19 heavy (non-hydrogen) atoms. The van der Waals surface area contributed by atoms with Crippen molar-refractivity contribution in [1.29, 1.82) is 0 Å². The van der Waals surface area contributed by atoms with E-state index in [1.807, 2.05) is 0 Å². The van der Waals surface area contributed by atoms with Gasteiger partial charge in [0.05, 0.1) is 12.1 Å². The van der Waals surface area contributed by atoms with Crippen LogP contribution in [-0.2, 0) is 4.74 Å². The molecule has 6 heteroatoms. The molecule has 4 atom stereocenters. The molecule has 0 aromatic rings. The SMILES string of the molecule is C/C=C/[C@H](O)[C@@H](O)[C@H](NC(=O)OC(C)(C)C)[C@H](C)O. The van der Waals surface area contributed by atoms with Crippen LogP contribution in [0.15, 0.2) is 12.2 Å². The Hall–Kier alpha value is -1.11. The highest BCUT2D eigenvalue weighted by atomic mass is 16.6. The molecule has 0 rings (SSSR count). The summed E-state index contributed by atoms with van der Waals surface area (Å²) >= 11 is 0. The van der Waals surface area contributed by atoms with Crippen molar-refractivity contribution in [3.8, 4) is 0 Å². The quantitative estimate of drug-likeness (QED) is 0.549. The van der Waals surface area contributed by atoms with Crippen LogP contribution < -0.4 is 5.32 Å². The lowest BCUT2D eigenvalue weighted by Gasteiger charge is -2.29. The fourth-order valence-corrected chi connectivity index (χ4v) is 1.46. The number of hydrogen-bond donors (Lipinski definition) is 4. The average molecular weight is 275 g/mol. The zero-order chi connectivity index (χ0) is 15.2. The van der Waals surface area contributed by atoms with Crippen molar-refractivity contribution in [3.05, 3.63) is 12.2 Å². The third kappa shape index (κ3) is 7.15. The van der Waals surface area contributed by atoms with Crippen LogP contribution in [0.3, 0.4) is 0 Å². The Balaban J connectivity index is 4.71. The topological polar surface area (TPSA) is 99.0 Å². The van der Waals surface area contributed by atoms with Gasteiger partial charge in [0, 0.05) is 0 Å². The smallest absolute Gasteiger partial charge is 0.408 e. The van der Waals surface area contributed by atoms with E-state index in [-0.39, 0.29) is 0 Å². The predicted molar refractivity (Wildman–Crippen MR) is 71.7 cm³/mol. The van der Waals surface area contributed by atoms with Crippen LogP contribution in [0.5, 0.6) is 0 Å². The summed E-state index contributed by atoms with van der Waals surface area (Å²) in [5.74, 6) is 0. The summed E-state index contributed by atoms with van der Waals surface area (Å²) in [5.41, 5.74) is -0.680. The summed E-state index contributed by atoms with van der Waals surface area (Å²) in [6.07, 6.45) is -1.37. The minimum Gasteiger partial charge on any atom is -0.444 e. The van der Waals surface area contributed by atoms with Crippen LogP contribution in [0.4, 0.5) is 4.79 Å². The zero-order valence-corrected chi connectivity index (χ0v) is 12.1. The number of carbonyl (C=O) groups is 1. The number of amides is 1. The van der Waals surface area contributed by atoms with Crippen molar-refractivity contribution in [2.24, 2.45) is 0 Å². The van der Waals surface area contributed by atoms with Crippen molar-refractivity contribution >= 4 is 6.09 Å². The molecule has 0 fully saturated rings. The normalized spacial score (nSPS) is 18.7. The Kier molecular flexibility index (Phi) is 7.04. The maximum absolute atomic E-state index is 11.6. The Labute approximate surface area is 114 Å². The molecule has 0 spiro atoms. The van der Waals surface area contributed by atoms with Gasteiger partial charge in [-0.2, -0.15) is 0 Å². The summed E-state index contributed by atoms with van der Waals surface area (Å²) in [6.45, 7) is 8.21. The number of alkyl carbamates (subject to hydrolysis) is 1. The van der Waals surface area contributed by atoms with Gasteiger partial charge in [-0.1, -0.05) is 12.2 Å². The summed E-state index contributed by atoms with van der Waals surface area (Å²) in [4.78, 5) is 11.6. The van der Waals surface area contributed by atoms with Gasteiger partial charge in [0.2, 0.25) is 0 Å². The van der Waals surface area contributed by atoms with E-state index in [9.17, 15) is 20.1 Å².